The molecule has 3 atom stereocenters. The highest BCUT2D eigenvalue weighted by atomic mass is 32.2. The van der Waals surface area contributed by atoms with E-state index >= 15 is 0 Å². The number of carbonyl (C=O) groups is 4. The third-order valence-corrected chi connectivity index (χ3v) is 15.8. The average Bonchev–Trinajstić information content (AvgIpc) is 2.61. The number of ketones is 2. The van der Waals surface area contributed by atoms with Crippen molar-refractivity contribution in [1.82, 2.24) is 9.20 Å². The van der Waals surface area contributed by atoms with Crippen LogP contribution in [0.5, 0.6) is 0 Å². The van der Waals surface area contributed by atoms with Gasteiger partial charge in [-0.15, -0.1) is 0 Å². The van der Waals surface area contributed by atoms with E-state index in [-0.39, 0.29) is 35.1 Å². The first-order valence-electron chi connectivity index (χ1n) is 28.1. The molecule has 0 saturated carbocycles. The number of aryl methyl sites for hydroxylation is 1. The lowest BCUT2D eigenvalue weighted by atomic mass is 9.77. The first-order valence-corrected chi connectivity index (χ1v) is 36.4. The molecule has 0 radical (unpaired) electrons. The van der Waals surface area contributed by atoms with Crippen LogP contribution >= 0.6 is 0 Å². The van der Waals surface area contributed by atoms with E-state index in [0.717, 1.165) is 57.8 Å². The number of hydrogen-bond acceptors (Lipinski definition) is 13. The van der Waals surface area contributed by atoms with Crippen molar-refractivity contribution in [2.75, 3.05) is 14.2 Å². The number of methoxy groups -OCH3 is 2. The van der Waals surface area contributed by atoms with Crippen molar-refractivity contribution in [3.8, 4) is 6.07 Å². The van der Waals surface area contributed by atoms with Gasteiger partial charge in [-0.25, -0.2) is 8.42 Å². The lowest BCUT2D eigenvalue weighted by molar-refractivity contribution is -0.134. The van der Waals surface area contributed by atoms with E-state index in [1.807, 2.05) is 136 Å². The fourth-order valence-electron chi connectivity index (χ4n) is 8.16. The molecule has 0 aliphatic carbocycles. The molecule has 5 aromatic carbocycles. The summed E-state index contributed by atoms with van der Waals surface area (Å²) >= 11 is 0. The number of rotatable bonds is 20. The maximum Gasteiger partial charge on any atom is 0.466 e. The molecule has 3 heterocycles. The normalized spacial score (nSPS) is 15.0. The molecule has 1 aromatic heterocycles. The summed E-state index contributed by atoms with van der Waals surface area (Å²) in [5.74, 6) is 0.317. The summed E-state index contributed by atoms with van der Waals surface area (Å²) in [5, 5.41) is 8.61. The molecular weight excluding hydrogens is 1130 g/mol. The summed E-state index contributed by atoms with van der Waals surface area (Å²) in [6, 6.07) is 44.3. The Balaban J connectivity index is 0.000000295. The predicted octanol–water partition coefficient (Wildman–Crippen LogP) is 14.8. The highest BCUT2D eigenvalue weighted by Gasteiger charge is 2.52. The van der Waals surface area contributed by atoms with E-state index in [1.165, 1.54) is 36.0 Å². The van der Waals surface area contributed by atoms with Crippen LogP contribution in [0.3, 0.4) is 0 Å². The number of nitrogens with one attached hydrogen (secondary N) is 1. The number of H-pyrrole nitrogens is 1. The van der Waals surface area contributed by atoms with Gasteiger partial charge in [0.2, 0.25) is 18.3 Å². The second kappa shape index (κ2) is 37.4. The SMILES string of the molecule is C=C(/C=C/OC)O[Si](C)(C)C.CCC#N.CCCCB1OC(=O)[C@H](Cc2c[nH]c3ccccc23)N1S(=O)(=O)c1ccc(C)cc1.CO/C=C/C(=O)C[C@@H](O[Si](C)(C)C)c1ccccc1.O=C1C=CO[C@@H](c2ccccc2)C1.O=Cc1ccccc1. The molecule has 0 bridgehead atoms. The van der Waals surface area contributed by atoms with Gasteiger partial charge in [0.05, 0.1) is 62.3 Å². The Morgan fingerprint density at radius 3 is 1.95 bits per heavy atom. The number of benzene rings is 5. The number of fused-ring (bicyclic) bond motifs is 1. The molecule has 6 aromatic rings. The van der Waals surface area contributed by atoms with Crippen LogP contribution in [0.4, 0.5) is 0 Å². The third-order valence-electron chi connectivity index (χ3n) is 12.0. The van der Waals surface area contributed by atoms with Gasteiger partial charge in [0.15, 0.2) is 19.9 Å². The highest BCUT2D eigenvalue weighted by molar-refractivity contribution is 7.90. The van der Waals surface area contributed by atoms with Gasteiger partial charge in [0.1, 0.15) is 18.4 Å². The van der Waals surface area contributed by atoms with Crippen LogP contribution in [0, 0.1) is 18.3 Å². The van der Waals surface area contributed by atoms with E-state index < -0.39 is 45.7 Å². The second-order valence-electron chi connectivity index (χ2n) is 21.4. The van der Waals surface area contributed by atoms with E-state index in [4.69, 9.17) is 33.0 Å². The quantitative estimate of drug-likeness (QED) is 0.0249. The molecule has 2 aliphatic rings. The van der Waals surface area contributed by atoms with Crippen LogP contribution in [0.25, 0.3) is 10.9 Å². The Bertz CT molecular complexity index is 3230. The van der Waals surface area contributed by atoms with Gasteiger partial charge in [0.25, 0.3) is 0 Å². The van der Waals surface area contributed by atoms with Crippen LogP contribution in [0.15, 0.2) is 200 Å². The van der Waals surface area contributed by atoms with E-state index in [1.54, 1.807) is 55.8 Å². The van der Waals surface area contributed by atoms with Crippen molar-refractivity contribution < 1.29 is 55.3 Å². The zero-order valence-corrected chi connectivity index (χ0v) is 53.9. The van der Waals surface area contributed by atoms with Gasteiger partial charge in [-0.2, -0.15) is 9.48 Å². The smallest absolute Gasteiger partial charge is 0.466 e. The topological polar surface area (TPSA) is 201 Å². The maximum atomic E-state index is 13.6. The van der Waals surface area contributed by atoms with Crippen LogP contribution < -0.4 is 0 Å². The lowest BCUT2D eigenvalue weighted by Crippen LogP contribution is -2.46. The van der Waals surface area contributed by atoms with Crippen LogP contribution in [-0.4, -0.2) is 85.4 Å². The fraction of sp³-hybridized carbons (Fsp3) is 0.318. The predicted molar refractivity (Wildman–Crippen MR) is 343 cm³/mol. The Kier molecular flexibility index (Phi) is 31.5. The number of ether oxygens (including phenoxy) is 3. The van der Waals surface area contributed by atoms with Crippen molar-refractivity contribution in [3.05, 3.63) is 223 Å². The molecular formula is C66H84BN3O12SSi2. The average molecular weight is 1210 g/mol. The molecule has 0 amide bonds. The monoisotopic (exact) mass is 1210 g/mol. The highest BCUT2D eigenvalue weighted by Crippen LogP contribution is 2.32. The number of aldehydes is 1. The molecule has 0 unspecified atom stereocenters. The van der Waals surface area contributed by atoms with Crippen LogP contribution in [-0.2, 0) is 58.5 Å². The van der Waals surface area contributed by atoms with Crippen molar-refractivity contribution >= 4 is 68.4 Å². The van der Waals surface area contributed by atoms with E-state index in [0.29, 0.717) is 31.3 Å². The zero-order chi connectivity index (χ0) is 62.8. The number of para-hydroxylation sites is 1. The van der Waals surface area contributed by atoms with Gasteiger partial charge >= 0.3 is 13.0 Å². The minimum atomic E-state index is -3.90. The van der Waals surface area contributed by atoms with Gasteiger partial charge < -0.3 is 32.7 Å². The summed E-state index contributed by atoms with van der Waals surface area (Å²) in [6.07, 6.45) is 15.3. The van der Waals surface area contributed by atoms with E-state index in [2.05, 4.69) is 50.8 Å². The molecule has 452 valence electrons. The second-order valence-corrected chi connectivity index (χ2v) is 32.1. The van der Waals surface area contributed by atoms with E-state index in [9.17, 15) is 27.6 Å². The van der Waals surface area contributed by atoms with Gasteiger partial charge in [0, 0.05) is 60.2 Å². The minimum absolute atomic E-state index is 0.00829. The third kappa shape index (κ3) is 26.7. The van der Waals surface area contributed by atoms with Gasteiger partial charge in [-0.05, 0) is 87.4 Å². The molecule has 1 saturated heterocycles. The minimum Gasteiger partial charge on any atom is -0.545 e. The number of allylic oxidation sites excluding steroid dienone is 3. The molecule has 0 spiro atoms. The van der Waals surface area contributed by atoms with Crippen molar-refractivity contribution in [2.45, 2.75) is 128 Å². The largest absolute Gasteiger partial charge is 0.545 e. The summed E-state index contributed by atoms with van der Waals surface area (Å²) in [4.78, 5) is 49.1. The number of unbranched alkanes of at least 4 members (excludes halogenated alkanes) is 1. The van der Waals surface area contributed by atoms with Crippen molar-refractivity contribution in [2.24, 2.45) is 0 Å². The molecule has 2 aliphatic heterocycles. The Morgan fingerprint density at radius 2 is 1.41 bits per heavy atom. The number of aromatic amines is 1. The molecule has 1 N–H and O–H groups in total. The first-order chi connectivity index (χ1) is 40.5. The summed E-state index contributed by atoms with van der Waals surface area (Å²) in [6.45, 7) is 22.2. The zero-order valence-electron chi connectivity index (χ0n) is 51.1. The first kappa shape index (κ1) is 71.4. The number of sulfonamides is 1. The molecule has 15 nitrogen and oxygen atoms in total. The standard InChI is InChI=1S/C22H25BN2O4S.C15H22O3Si.C11H10O2.C8H16O2Si.C7H6O.C3H5N/c1-3-4-13-23-25(30(27,28)18-11-9-16(2)10-12-18)21(22(26)29-23)14-17-15-24-20-8-6-5-7-19(17)20;1-17-11-10-14(16)12-15(18-19(2,3)4)13-8-6-5-7-9-13;12-10-6-7-13-11(8-10)9-4-2-1-3-5-9;1-8(6-7-9-2)10-11(3,4)5;8-6-7-4-2-1-3-5-7;1-2-3-4/h5-12,15,21,24H,3-4,13-14H2,1-2H3;5-11,15H,12H2,1-4H3;1-7,11H,8H2;6-7H,1H2,2-5H3;1-6H;2H2,1H3/b;11-10+;;7-6+;;/t21-;15-;11-;;;/m011.../s1. The van der Waals surface area contributed by atoms with Crippen LogP contribution in [0.2, 0.25) is 45.6 Å². The number of nitrogens with zero attached hydrogens (tertiary/aromatic N) is 2. The molecule has 19 heteroatoms. The maximum absolute atomic E-state index is 13.6. The number of carbonyl (C=O) groups excluding carboxylic acids is 4. The van der Waals surface area contributed by atoms with Crippen LogP contribution in [0.1, 0.15) is 90.8 Å². The summed E-state index contributed by atoms with van der Waals surface area (Å²) < 4.78 is 60.4. The molecule has 1 fully saturated rings. The lowest BCUT2D eigenvalue weighted by Gasteiger charge is -2.26. The summed E-state index contributed by atoms with van der Waals surface area (Å²) in [7, 11) is -4.74. The van der Waals surface area contributed by atoms with Crippen molar-refractivity contribution in [3.63, 3.8) is 0 Å². The Morgan fingerprint density at radius 1 is 0.835 bits per heavy atom. The number of nitriles is 1. The number of aromatic nitrogens is 1. The Labute approximate surface area is 506 Å². The fourth-order valence-corrected chi connectivity index (χ4v) is 11.8. The molecule has 85 heavy (non-hydrogen) atoms. The number of hydrogen-bond donors (Lipinski definition) is 1. The van der Waals surface area contributed by atoms with Gasteiger partial charge in [-0.3, -0.25) is 19.2 Å². The summed E-state index contributed by atoms with van der Waals surface area (Å²) in [5.41, 5.74) is 5.65. The van der Waals surface area contributed by atoms with Gasteiger partial charge in [-0.1, -0.05) is 160 Å². The van der Waals surface area contributed by atoms with Crippen molar-refractivity contribution in [1.29, 1.82) is 5.26 Å². The molecule has 8 rings (SSSR count). The Hall–Kier alpha value is -7.86.